The SMILES string of the molecule is O=C(NC(CO)c1cc(F)ccc1F)c1cccc(-c2ccc3[nH]ncc3c2)c1. The lowest BCUT2D eigenvalue weighted by molar-refractivity contribution is 0.0915. The molecule has 0 bridgehead atoms. The zero-order valence-corrected chi connectivity index (χ0v) is 15.2. The van der Waals surface area contributed by atoms with Crippen molar-refractivity contribution < 1.29 is 18.7 Å². The molecule has 0 aliphatic heterocycles. The number of aliphatic hydroxyl groups is 1. The number of H-pyrrole nitrogens is 1. The second-order valence-corrected chi connectivity index (χ2v) is 6.63. The topological polar surface area (TPSA) is 78.0 Å². The van der Waals surface area contributed by atoms with E-state index in [1.807, 2.05) is 24.3 Å². The van der Waals surface area contributed by atoms with E-state index in [0.29, 0.717) is 5.56 Å². The molecule has 146 valence electrons. The van der Waals surface area contributed by atoms with Crippen LogP contribution in [0.5, 0.6) is 0 Å². The number of benzene rings is 3. The van der Waals surface area contributed by atoms with E-state index in [-0.39, 0.29) is 5.56 Å². The van der Waals surface area contributed by atoms with Crippen LogP contribution in [0.25, 0.3) is 22.0 Å². The Kier molecular flexibility index (Phi) is 5.05. The Morgan fingerprint density at radius 1 is 1.07 bits per heavy atom. The van der Waals surface area contributed by atoms with Crippen molar-refractivity contribution in [1.29, 1.82) is 0 Å². The van der Waals surface area contributed by atoms with Gasteiger partial charge >= 0.3 is 0 Å². The molecule has 0 saturated heterocycles. The van der Waals surface area contributed by atoms with Crippen LogP contribution in [0, 0.1) is 11.6 Å². The molecule has 7 heteroatoms. The maximum atomic E-state index is 14.0. The molecule has 3 aromatic carbocycles. The third kappa shape index (κ3) is 3.86. The fraction of sp³-hybridized carbons (Fsp3) is 0.0909. The van der Waals surface area contributed by atoms with Crippen LogP contribution in [0.3, 0.4) is 0 Å². The van der Waals surface area contributed by atoms with E-state index in [0.717, 1.165) is 40.2 Å². The molecule has 4 aromatic rings. The summed E-state index contributed by atoms with van der Waals surface area (Å²) in [4.78, 5) is 12.7. The maximum absolute atomic E-state index is 14.0. The van der Waals surface area contributed by atoms with Crippen molar-refractivity contribution in [3.8, 4) is 11.1 Å². The molecule has 0 saturated carbocycles. The fourth-order valence-corrected chi connectivity index (χ4v) is 3.21. The van der Waals surface area contributed by atoms with Gasteiger partial charge in [-0.15, -0.1) is 0 Å². The smallest absolute Gasteiger partial charge is 0.251 e. The summed E-state index contributed by atoms with van der Waals surface area (Å²) in [6, 6.07) is 14.5. The van der Waals surface area contributed by atoms with E-state index < -0.39 is 30.2 Å². The minimum absolute atomic E-state index is 0.109. The highest BCUT2D eigenvalue weighted by molar-refractivity contribution is 5.96. The molecule has 0 aliphatic carbocycles. The molecule has 1 aromatic heterocycles. The molecule has 3 N–H and O–H groups in total. The molecule has 0 radical (unpaired) electrons. The Morgan fingerprint density at radius 2 is 1.90 bits per heavy atom. The molecule has 4 rings (SSSR count). The first-order valence-electron chi connectivity index (χ1n) is 8.95. The number of halogens is 2. The van der Waals surface area contributed by atoms with Gasteiger partial charge in [-0.2, -0.15) is 5.10 Å². The largest absolute Gasteiger partial charge is 0.394 e. The number of carbonyl (C=O) groups is 1. The lowest BCUT2D eigenvalue weighted by Crippen LogP contribution is -2.31. The number of nitrogens with one attached hydrogen (secondary N) is 2. The van der Waals surface area contributed by atoms with Gasteiger partial charge in [0.15, 0.2) is 0 Å². The minimum atomic E-state index is -1.07. The van der Waals surface area contributed by atoms with E-state index in [1.165, 1.54) is 0 Å². The number of fused-ring (bicyclic) bond motifs is 1. The summed E-state index contributed by atoms with van der Waals surface area (Å²) < 4.78 is 27.5. The second kappa shape index (κ2) is 7.81. The summed E-state index contributed by atoms with van der Waals surface area (Å²) in [7, 11) is 0. The average Bonchev–Trinajstić information content (AvgIpc) is 3.21. The van der Waals surface area contributed by atoms with Gasteiger partial charge in [0.1, 0.15) is 11.6 Å². The van der Waals surface area contributed by atoms with Crippen LogP contribution in [0.1, 0.15) is 22.0 Å². The predicted octanol–water partition coefficient (Wildman–Crippen LogP) is 3.97. The number of aromatic amines is 1. The van der Waals surface area contributed by atoms with Gasteiger partial charge in [-0.25, -0.2) is 8.78 Å². The molecule has 1 unspecified atom stereocenters. The molecule has 0 aliphatic rings. The highest BCUT2D eigenvalue weighted by Gasteiger charge is 2.19. The number of aliphatic hydroxyl groups excluding tert-OH is 1. The van der Waals surface area contributed by atoms with Crippen LogP contribution in [0.15, 0.2) is 66.9 Å². The third-order valence-electron chi connectivity index (χ3n) is 4.72. The predicted molar refractivity (Wildman–Crippen MR) is 105 cm³/mol. The van der Waals surface area contributed by atoms with E-state index in [4.69, 9.17) is 0 Å². The third-order valence-corrected chi connectivity index (χ3v) is 4.72. The van der Waals surface area contributed by atoms with Crippen LogP contribution in [-0.4, -0.2) is 27.8 Å². The highest BCUT2D eigenvalue weighted by atomic mass is 19.1. The fourth-order valence-electron chi connectivity index (χ4n) is 3.21. The van der Waals surface area contributed by atoms with Crippen molar-refractivity contribution >= 4 is 16.8 Å². The first-order valence-corrected chi connectivity index (χ1v) is 8.95. The number of hydrogen-bond donors (Lipinski definition) is 3. The van der Waals surface area contributed by atoms with Gasteiger partial charge in [0.2, 0.25) is 0 Å². The van der Waals surface area contributed by atoms with Gasteiger partial charge in [0, 0.05) is 16.5 Å². The Hall–Kier alpha value is -3.58. The standard InChI is InChI=1S/C22H17F2N3O2/c23-17-5-6-19(24)18(10-17)21(12-28)26-22(29)15-3-1-2-13(8-15)14-4-7-20-16(9-14)11-25-27-20/h1-11,21,28H,12H2,(H,25,27)(H,26,29). The van der Waals surface area contributed by atoms with Gasteiger partial charge in [0.05, 0.1) is 24.4 Å². The van der Waals surface area contributed by atoms with Gasteiger partial charge in [-0.05, 0) is 53.6 Å². The van der Waals surface area contributed by atoms with Gasteiger partial charge < -0.3 is 10.4 Å². The van der Waals surface area contributed by atoms with Gasteiger partial charge in [-0.1, -0.05) is 18.2 Å². The van der Waals surface area contributed by atoms with Crippen LogP contribution in [-0.2, 0) is 0 Å². The Morgan fingerprint density at radius 3 is 2.72 bits per heavy atom. The Balaban J connectivity index is 1.60. The number of nitrogens with zero attached hydrogens (tertiary/aromatic N) is 1. The van der Waals surface area contributed by atoms with E-state index >= 15 is 0 Å². The second-order valence-electron chi connectivity index (χ2n) is 6.63. The van der Waals surface area contributed by atoms with Crippen LogP contribution in [0.2, 0.25) is 0 Å². The number of hydrogen-bond acceptors (Lipinski definition) is 3. The zero-order chi connectivity index (χ0) is 20.4. The number of rotatable bonds is 5. The van der Waals surface area contributed by atoms with Crippen molar-refractivity contribution in [2.75, 3.05) is 6.61 Å². The summed E-state index contributed by atoms with van der Waals surface area (Å²) in [5, 5.41) is 20.0. The lowest BCUT2D eigenvalue weighted by Gasteiger charge is -2.18. The normalized spacial score (nSPS) is 12.1. The van der Waals surface area contributed by atoms with E-state index in [2.05, 4.69) is 15.5 Å². The number of carbonyl (C=O) groups excluding carboxylic acids is 1. The average molecular weight is 393 g/mol. The van der Waals surface area contributed by atoms with Crippen molar-refractivity contribution in [3.63, 3.8) is 0 Å². The summed E-state index contributed by atoms with van der Waals surface area (Å²) in [5.74, 6) is -1.85. The summed E-state index contributed by atoms with van der Waals surface area (Å²) in [6.07, 6.45) is 1.72. The zero-order valence-electron chi connectivity index (χ0n) is 15.2. The quantitative estimate of drug-likeness (QED) is 0.480. The van der Waals surface area contributed by atoms with E-state index in [9.17, 15) is 18.7 Å². The molecule has 1 atom stereocenters. The molecule has 1 amide bonds. The van der Waals surface area contributed by atoms with Crippen molar-refractivity contribution in [1.82, 2.24) is 15.5 Å². The summed E-state index contributed by atoms with van der Waals surface area (Å²) in [5.41, 5.74) is 2.86. The Bertz CT molecular complexity index is 1190. The van der Waals surface area contributed by atoms with Crippen LogP contribution < -0.4 is 5.32 Å². The summed E-state index contributed by atoms with van der Waals surface area (Å²) >= 11 is 0. The number of amides is 1. The molecule has 0 fully saturated rings. The first kappa shape index (κ1) is 18.8. The first-order chi connectivity index (χ1) is 14.0. The molecule has 0 spiro atoms. The number of aromatic nitrogens is 2. The Labute approximate surface area is 165 Å². The van der Waals surface area contributed by atoms with Crippen molar-refractivity contribution in [3.05, 3.63) is 89.6 Å². The van der Waals surface area contributed by atoms with Crippen LogP contribution in [0.4, 0.5) is 8.78 Å². The van der Waals surface area contributed by atoms with Gasteiger partial charge in [-0.3, -0.25) is 9.89 Å². The lowest BCUT2D eigenvalue weighted by atomic mass is 10.0. The van der Waals surface area contributed by atoms with E-state index in [1.54, 1.807) is 24.4 Å². The monoisotopic (exact) mass is 393 g/mol. The highest BCUT2D eigenvalue weighted by Crippen LogP contribution is 2.25. The van der Waals surface area contributed by atoms with Gasteiger partial charge in [0.25, 0.3) is 5.91 Å². The van der Waals surface area contributed by atoms with Crippen molar-refractivity contribution in [2.45, 2.75) is 6.04 Å². The maximum Gasteiger partial charge on any atom is 0.251 e. The molecule has 29 heavy (non-hydrogen) atoms. The molecule has 5 nitrogen and oxygen atoms in total. The molecular weight excluding hydrogens is 376 g/mol. The summed E-state index contributed by atoms with van der Waals surface area (Å²) in [6.45, 7) is -0.567. The minimum Gasteiger partial charge on any atom is -0.394 e. The van der Waals surface area contributed by atoms with Crippen molar-refractivity contribution in [2.24, 2.45) is 0 Å². The molecule has 1 heterocycles. The van der Waals surface area contributed by atoms with Crippen LogP contribution >= 0.6 is 0 Å². The molecular formula is C22H17F2N3O2.